The summed E-state index contributed by atoms with van der Waals surface area (Å²) in [4.78, 5) is 34.7. The number of H-pyrrole nitrogens is 1. The molecule has 3 unspecified atom stereocenters. The first kappa shape index (κ1) is 21.4. The second kappa shape index (κ2) is 8.38. The van der Waals surface area contributed by atoms with Crippen molar-refractivity contribution in [2.24, 2.45) is 5.73 Å². The standard InChI is InChI=1S/C19H21BrN6O5/c20-11-3-1-10(2-4-11)13-5-19(13,22)17(29)30-7-12(6-27)31-9-26-8-23-14-15(26)24-18(21)25-16(14)28/h1-4,8,12-13,27H,5-7,9,22H2,(H3,21,24,25,28). The molecule has 0 spiro atoms. The number of aliphatic hydroxyl groups is 1. The molecular weight excluding hydrogens is 472 g/mol. The molecule has 6 N–H and O–H groups in total. The lowest BCUT2D eigenvalue weighted by molar-refractivity contribution is -0.153. The molecule has 1 saturated carbocycles. The van der Waals surface area contributed by atoms with Gasteiger partial charge in [-0.2, -0.15) is 4.98 Å². The van der Waals surface area contributed by atoms with Gasteiger partial charge in [0, 0.05) is 10.4 Å². The Morgan fingerprint density at radius 3 is 2.87 bits per heavy atom. The summed E-state index contributed by atoms with van der Waals surface area (Å²) in [6.45, 7) is -0.641. The van der Waals surface area contributed by atoms with Gasteiger partial charge in [-0.05, 0) is 24.1 Å². The van der Waals surface area contributed by atoms with E-state index in [1.807, 2.05) is 24.3 Å². The highest BCUT2D eigenvalue weighted by molar-refractivity contribution is 9.10. The van der Waals surface area contributed by atoms with Crippen LogP contribution in [0, 0.1) is 0 Å². The topological polar surface area (TPSA) is 171 Å². The average molecular weight is 493 g/mol. The van der Waals surface area contributed by atoms with Crippen molar-refractivity contribution in [3.05, 3.63) is 51.0 Å². The first-order valence-corrected chi connectivity index (χ1v) is 10.3. The minimum absolute atomic E-state index is 0.0510. The molecule has 3 atom stereocenters. The Hall–Kier alpha value is -2.80. The van der Waals surface area contributed by atoms with Crippen molar-refractivity contribution in [3.8, 4) is 0 Å². The second-order valence-electron chi connectivity index (χ2n) is 7.39. The molecule has 0 radical (unpaired) electrons. The molecule has 164 valence electrons. The molecule has 2 aromatic heterocycles. The fraction of sp³-hybridized carbons (Fsp3) is 0.368. The van der Waals surface area contributed by atoms with Gasteiger partial charge in [0.1, 0.15) is 25.0 Å². The fourth-order valence-electron chi connectivity index (χ4n) is 3.32. The Morgan fingerprint density at radius 2 is 2.16 bits per heavy atom. The van der Waals surface area contributed by atoms with E-state index < -0.39 is 23.2 Å². The van der Waals surface area contributed by atoms with Crippen molar-refractivity contribution in [2.45, 2.75) is 30.7 Å². The quantitative estimate of drug-likeness (QED) is 0.321. The van der Waals surface area contributed by atoms with Crippen LogP contribution in [0.15, 0.2) is 39.9 Å². The number of aromatic amines is 1. The monoisotopic (exact) mass is 492 g/mol. The lowest BCUT2D eigenvalue weighted by Crippen LogP contribution is -2.39. The van der Waals surface area contributed by atoms with Crippen molar-refractivity contribution in [1.82, 2.24) is 19.5 Å². The zero-order chi connectivity index (χ0) is 22.2. The maximum atomic E-state index is 12.5. The minimum Gasteiger partial charge on any atom is -0.461 e. The lowest BCUT2D eigenvalue weighted by atomic mass is 10.1. The number of halogens is 1. The van der Waals surface area contributed by atoms with Crippen molar-refractivity contribution >= 4 is 39.0 Å². The summed E-state index contributed by atoms with van der Waals surface area (Å²) in [6, 6.07) is 7.62. The van der Waals surface area contributed by atoms with Crippen LogP contribution in [0.1, 0.15) is 17.9 Å². The van der Waals surface area contributed by atoms with Crippen molar-refractivity contribution in [2.75, 3.05) is 18.9 Å². The van der Waals surface area contributed by atoms with E-state index in [1.54, 1.807) is 0 Å². The molecule has 2 heterocycles. The Labute approximate surface area is 184 Å². The predicted octanol–water partition coefficient (Wildman–Crippen LogP) is 0.227. The number of nitrogens with one attached hydrogen (secondary N) is 1. The van der Waals surface area contributed by atoms with Crippen molar-refractivity contribution < 1.29 is 19.4 Å². The van der Waals surface area contributed by atoms with Crippen LogP contribution in [0.4, 0.5) is 5.95 Å². The number of nitrogens with two attached hydrogens (primary N) is 2. The molecule has 1 aliphatic rings. The minimum atomic E-state index is -1.09. The van der Waals surface area contributed by atoms with E-state index in [-0.39, 0.29) is 43.0 Å². The van der Waals surface area contributed by atoms with E-state index in [0.29, 0.717) is 6.42 Å². The molecule has 1 aromatic carbocycles. The largest absolute Gasteiger partial charge is 0.461 e. The summed E-state index contributed by atoms with van der Waals surface area (Å²) in [7, 11) is 0. The summed E-state index contributed by atoms with van der Waals surface area (Å²) in [6.07, 6.45) is 1.06. The Kier molecular flexibility index (Phi) is 5.79. The van der Waals surface area contributed by atoms with Crippen LogP contribution >= 0.6 is 15.9 Å². The van der Waals surface area contributed by atoms with Crippen molar-refractivity contribution in [1.29, 1.82) is 0 Å². The van der Waals surface area contributed by atoms with Crippen LogP contribution in [0.25, 0.3) is 11.2 Å². The van der Waals surface area contributed by atoms with Gasteiger partial charge in [-0.25, -0.2) is 4.98 Å². The third kappa shape index (κ3) is 4.32. The Bertz CT molecular complexity index is 1160. The van der Waals surface area contributed by atoms with Gasteiger partial charge in [-0.15, -0.1) is 0 Å². The first-order chi connectivity index (χ1) is 14.8. The highest BCUT2D eigenvalue weighted by Gasteiger charge is 2.59. The number of hydrogen-bond acceptors (Lipinski definition) is 9. The molecule has 0 amide bonds. The summed E-state index contributed by atoms with van der Waals surface area (Å²) in [5.74, 6) is -0.713. The number of benzene rings is 1. The van der Waals surface area contributed by atoms with Crippen LogP contribution in [-0.2, 0) is 21.0 Å². The van der Waals surface area contributed by atoms with Crippen LogP contribution in [-0.4, -0.2) is 55.5 Å². The van der Waals surface area contributed by atoms with Gasteiger partial charge in [0.05, 0.1) is 12.9 Å². The summed E-state index contributed by atoms with van der Waals surface area (Å²) in [5, 5.41) is 9.58. The van der Waals surface area contributed by atoms with Gasteiger partial charge in [-0.3, -0.25) is 19.1 Å². The van der Waals surface area contributed by atoms with E-state index in [4.69, 9.17) is 20.9 Å². The molecule has 1 fully saturated rings. The van der Waals surface area contributed by atoms with E-state index in [0.717, 1.165) is 10.0 Å². The van der Waals surface area contributed by atoms with Gasteiger partial charge in [0.15, 0.2) is 11.2 Å². The number of aromatic nitrogens is 4. The van der Waals surface area contributed by atoms with Gasteiger partial charge in [-0.1, -0.05) is 28.1 Å². The van der Waals surface area contributed by atoms with E-state index >= 15 is 0 Å². The lowest BCUT2D eigenvalue weighted by Gasteiger charge is -2.18. The maximum Gasteiger partial charge on any atom is 0.326 e. The first-order valence-electron chi connectivity index (χ1n) is 9.46. The van der Waals surface area contributed by atoms with Crippen LogP contribution < -0.4 is 17.0 Å². The van der Waals surface area contributed by atoms with E-state index in [9.17, 15) is 14.7 Å². The van der Waals surface area contributed by atoms with E-state index in [1.165, 1.54) is 10.9 Å². The normalized spacial score (nSPS) is 21.2. The number of nitrogens with zero attached hydrogens (tertiary/aromatic N) is 3. The molecule has 4 rings (SSSR count). The summed E-state index contributed by atoms with van der Waals surface area (Å²) < 4.78 is 13.3. The van der Waals surface area contributed by atoms with Gasteiger partial charge >= 0.3 is 5.97 Å². The predicted molar refractivity (Wildman–Crippen MR) is 114 cm³/mol. The Balaban J connectivity index is 1.33. The zero-order valence-electron chi connectivity index (χ0n) is 16.3. The molecule has 0 aliphatic heterocycles. The second-order valence-corrected chi connectivity index (χ2v) is 8.30. The number of rotatable bonds is 8. The molecule has 0 bridgehead atoms. The number of fused-ring (bicyclic) bond motifs is 1. The van der Waals surface area contributed by atoms with Crippen LogP contribution in [0.3, 0.4) is 0 Å². The third-order valence-corrected chi connectivity index (χ3v) is 5.73. The number of ether oxygens (including phenoxy) is 2. The molecule has 1 aliphatic carbocycles. The van der Waals surface area contributed by atoms with Gasteiger partial charge in [0.2, 0.25) is 5.95 Å². The molecule has 3 aromatic rings. The molecule has 31 heavy (non-hydrogen) atoms. The van der Waals surface area contributed by atoms with E-state index in [2.05, 4.69) is 30.9 Å². The highest BCUT2D eigenvalue weighted by atomic mass is 79.9. The number of nitrogen functional groups attached to an aromatic ring is 1. The summed E-state index contributed by atoms with van der Waals surface area (Å²) >= 11 is 3.38. The number of imidazole rings is 1. The average Bonchev–Trinajstić information content (AvgIpc) is 3.27. The Morgan fingerprint density at radius 1 is 1.42 bits per heavy atom. The zero-order valence-corrected chi connectivity index (χ0v) is 17.9. The maximum absolute atomic E-state index is 12.5. The smallest absolute Gasteiger partial charge is 0.326 e. The van der Waals surface area contributed by atoms with Gasteiger partial charge in [0.25, 0.3) is 5.56 Å². The highest BCUT2D eigenvalue weighted by Crippen LogP contribution is 2.50. The summed E-state index contributed by atoms with van der Waals surface area (Å²) in [5.41, 5.74) is 11.5. The molecule has 11 nitrogen and oxygen atoms in total. The number of carbonyl (C=O) groups is 1. The number of aliphatic hydroxyl groups excluding tert-OH is 1. The molecule has 0 saturated heterocycles. The van der Waals surface area contributed by atoms with Crippen LogP contribution in [0.2, 0.25) is 0 Å². The number of esters is 1. The third-order valence-electron chi connectivity index (χ3n) is 5.20. The fourth-order valence-corrected chi connectivity index (χ4v) is 3.59. The van der Waals surface area contributed by atoms with Crippen molar-refractivity contribution in [3.63, 3.8) is 0 Å². The van der Waals surface area contributed by atoms with Gasteiger partial charge < -0.3 is 26.0 Å². The number of anilines is 1. The SMILES string of the molecule is Nc1nc2c(ncn2COC(CO)COC(=O)C2(N)CC2c2ccc(Br)cc2)c(=O)[nH]1. The number of carbonyl (C=O) groups excluding carboxylic acids is 1. The number of hydrogen-bond donors (Lipinski definition) is 4. The molecular formula is C19H21BrN6O5. The van der Waals surface area contributed by atoms with Crippen LogP contribution in [0.5, 0.6) is 0 Å². The molecule has 12 heteroatoms.